The number of rotatable bonds is 4. The summed E-state index contributed by atoms with van der Waals surface area (Å²) in [6.07, 6.45) is 3.04. The van der Waals surface area contributed by atoms with Gasteiger partial charge in [0.1, 0.15) is 6.26 Å². The number of carbonyl (C=O) groups is 2. The number of hydrogen-bond acceptors (Lipinski definition) is 4. The Morgan fingerprint density at radius 3 is 2.55 bits per heavy atom. The zero-order valence-corrected chi connectivity index (χ0v) is 11.8. The zero-order valence-electron chi connectivity index (χ0n) is 11.8. The van der Waals surface area contributed by atoms with E-state index in [2.05, 4.69) is 4.90 Å². The van der Waals surface area contributed by atoms with Crippen molar-refractivity contribution in [1.82, 2.24) is 9.80 Å². The molecule has 0 atom stereocenters. The van der Waals surface area contributed by atoms with Crippen LogP contribution in [0.4, 0.5) is 0 Å². The molecule has 1 aromatic heterocycles. The molecule has 0 radical (unpaired) electrons. The molecule has 6 heteroatoms. The van der Waals surface area contributed by atoms with Crippen LogP contribution in [-0.4, -0.2) is 60.5 Å². The van der Waals surface area contributed by atoms with Crippen molar-refractivity contribution in [3.8, 4) is 0 Å². The minimum atomic E-state index is -1.09. The fraction of sp³-hybridized carbons (Fsp3) is 0.571. The second-order valence-corrected chi connectivity index (χ2v) is 5.50. The second-order valence-electron chi connectivity index (χ2n) is 5.50. The van der Waals surface area contributed by atoms with Crippen LogP contribution >= 0.6 is 0 Å². The molecule has 110 valence electrons. The molecule has 0 unspecified atom stereocenters. The lowest BCUT2D eigenvalue weighted by molar-refractivity contribution is 0.0645. The monoisotopic (exact) mass is 280 g/mol. The van der Waals surface area contributed by atoms with E-state index < -0.39 is 5.97 Å². The largest absolute Gasteiger partial charge is 0.478 e. The third-order valence-electron chi connectivity index (χ3n) is 3.58. The standard InChI is InChI=1S/C14H20N2O4/c1-15(2)8-10-3-5-16(6-4-10)13(17)12-7-11(9-20-12)14(18)19/h7,9-10H,3-6,8H2,1-2H3,(H,18,19). The van der Waals surface area contributed by atoms with Gasteiger partial charge in [-0.3, -0.25) is 4.79 Å². The molecule has 2 rings (SSSR count). The number of carboxylic acid groups (broad SMARTS) is 1. The predicted molar refractivity (Wildman–Crippen MR) is 72.8 cm³/mol. The van der Waals surface area contributed by atoms with Gasteiger partial charge in [0.15, 0.2) is 5.76 Å². The van der Waals surface area contributed by atoms with Gasteiger partial charge in [0.2, 0.25) is 0 Å². The summed E-state index contributed by atoms with van der Waals surface area (Å²) in [5.41, 5.74) is 0.0100. The lowest BCUT2D eigenvalue weighted by Crippen LogP contribution is -2.40. The highest BCUT2D eigenvalue weighted by molar-refractivity contribution is 5.95. The number of amides is 1. The molecule has 1 saturated heterocycles. The number of furan rings is 1. The van der Waals surface area contributed by atoms with Crippen molar-refractivity contribution in [3.63, 3.8) is 0 Å². The van der Waals surface area contributed by atoms with E-state index in [9.17, 15) is 9.59 Å². The van der Waals surface area contributed by atoms with Gasteiger partial charge in [0, 0.05) is 25.7 Å². The molecule has 0 spiro atoms. The van der Waals surface area contributed by atoms with E-state index in [1.807, 2.05) is 14.1 Å². The summed E-state index contributed by atoms with van der Waals surface area (Å²) < 4.78 is 5.05. The number of piperidine rings is 1. The van der Waals surface area contributed by atoms with E-state index >= 15 is 0 Å². The summed E-state index contributed by atoms with van der Waals surface area (Å²) in [4.78, 5) is 26.9. The summed E-state index contributed by atoms with van der Waals surface area (Å²) in [6.45, 7) is 2.42. The highest BCUT2D eigenvalue weighted by atomic mass is 16.4. The summed E-state index contributed by atoms with van der Waals surface area (Å²) in [7, 11) is 4.10. The van der Waals surface area contributed by atoms with Crippen LogP contribution < -0.4 is 0 Å². The Labute approximate surface area is 118 Å². The van der Waals surface area contributed by atoms with Crippen LogP contribution in [0.1, 0.15) is 33.8 Å². The average Bonchev–Trinajstić information content (AvgIpc) is 2.88. The predicted octanol–water partition coefficient (Wildman–Crippen LogP) is 1.39. The molecule has 0 saturated carbocycles. The van der Waals surface area contributed by atoms with Gasteiger partial charge in [0.25, 0.3) is 5.91 Å². The van der Waals surface area contributed by atoms with Crippen LogP contribution in [0, 0.1) is 5.92 Å². The van der Waals surface area contributed by atoms with Gasteiger partial charge in [0.05, 0.1) is 5.56 Å². The maximum atomic E-state index is 12.2. The van der Waals surface area contributed by atoms with E-state index in [0.717, 1.165) is 25.6 Å². The van der Waals surface area contributed by atoms with Crippen molar-refractivity contribution in [2.45, 2.75) is 12.8 Å². The molecule has 1 fully saturated rings. The molecule has 0 aliphatic carbocycles. The topological polar surface area (TPSA) is 74.0 Å². The first-order valence-electron chi connectivity index (χ1n) is 6.73. The van der Waals surface area contributed by atoms with E-state index in [-0.39, 0.29) is 17.2 Å². The molecule has 1 aliphatic heterocycles. The van der Waals surface area contributed by atoms with Crippen LogP contribution in [0.25, 0.3) is 0 Å². The van der Waals surface area contributed by atoms with Crippen molar-refractivity contribution >= 4 is 11.9 Å². The minimum absolute atomic E-state index is 0.0100. The Bertz CT molecular complexity index is 487. The Hall–Kier alpha value is -1.82. The number of hydrogen-bond donors (Lipinski definition) is 1. The summed E-state index contributed by atoms with van der Waals surface area (Å²) >= 11 is 0. The number of nitrogens with zero attached hydrogens (tertiary/aromatic N) is 2. The molecule has 0 bridgehead atoms. The summed E-state index contributed by atoms with van der Waals surface area (Å²) in [5, 5.41) is 8.82. The molecule has 0 aromatic carbocycles. The van der Waals surface area contributed by atoms with Crippen molar-refractivity contribution in [2.75, 3.05) is 33.7 Å². The van der Waals surface area contributed by atoms with Gasteiger partial charge >= 0.3 is 5.97 Å². The maximum absolute atomic E-state index is 12.2. The third kappa shape index (κ3) is 3.39. The van der Waals surface area contributed by atoms with Gasteiger partial charge in [-0.15, -0.1) is 0 Å². The lowest BCUT2D eigenvalue weighted by Gasteiger charge is -2.32. The summed E-state index contributed by atoms with van der Waals surface area (Å²) in [5.74, 6) is -0.591. The number of carbonyl (C=O) groups excluding carboxylic acids is 1. The molecular weight excluding hydrogens is 260 g/mol. The maximum Gasteiger partial charge on any atom is 0.338 e. The highest BCUT2D eigenvalue weighted by Crippen LogP contribution is 2.20. The van der Waals surface area contributed by atoms with E-state index in [1.165, 1.54) is 6.07 Å². The zero-order chi connectivity index (χ0) is 14.7. The fourth-order valence-corrected chi connectivity index (χ4v) is 2.55. The van der Waals surface area contributed by atoms with Crippen LogP contribution in [0.2, 0.25) is 0 Å². The normalized spacial score (nSPS) is 16.6. The smallest absolute Gasteiger partial charge is 0.338 e. The molecule has 1 aliphatic rings. The van der Waals surface area contributed by atoms with Gasteiger partial charge < -0.3 is 19.3 Å². The Kier molecular flexibility index (Phi) is 4.44. The third-order valence-corrected chi connectivity index (χ3v) is 3.58. The van der Waals surface area contributed by atoms with E-state index in [0.29, 0.717) is 19.0 Å². The van der Waals surface area contributed by atoms with Gasteiger partial charge in [-0.2, -0.15) is 0 Å². The van der Waals surface area contributed by atoms with Crippen LogP contribution in [0.15, 0.2) is 16.7 Å². The molecule has 20 heavy (non-hydrogen) atoms. The molecule has 1 N–H and O–H groups in total. The first-order chi connectivity index (χ1) is 9.47. The minimum Gasteiger partial charge on any atom is -0.478 e. The lowest BCUT2D eigenvalue weighted by atomic mass is 9.96. The fourth-order valence-electron chi connectivity index (χ4n) is 2.55. The summed E-state index contributed by atoms with van der Waals surface area (Å²) in [6, 6.07) is 1.29. The Morgan fingerprint density at radius 1 is 1.40 bits per heavy atom. The van der Waals surface area contributed by atoms with Gasteiger partial charge in [-0.25, -0.2) is 4.79 Å². The first kappa shape index (κ1) is 14.6. The van der Waals surface area contributed by atoms with Crippen LogP contribution in [-0.2, 0) is 0 Å². The van der Waals surface area contributed by atoms with Crippen molar-refractivity contribution in [3.05, 3.63) is 23.7 Å². The van der Waals surface area contributed by atoms with E-state index in [4.69, 9.17) is 9.52 Å². The van der Waals surface area contributed by atoms with Crippen LogP contribution in [0.5, 0.6) is 0 Å². The average molecular weight is 280 g/mol. The highest BCUT2D eigenvalue weighted by Gasteiger charge is 2.26. The number of carboxylic acids is 1. The van der Waals surface area contributed by atoms with Crippen molar-refractivity contribution in [2.24, 2.45) is 5.92 Å². The van der Waals surface area contributed by atoms with Crippen LogP contribution in [0.3, 0.4) is 0 Å². The molecule has 2 heterocycles. The molecule has 1 aromatic rings. The quantitative estimate of drug-likeness (QED) is 0.902. The number of aromatic carboxylic acids is 1. The van der Waals surface area contributed by atoms with Crippen molar-refractivity contribution in [1.29, 1.82) is 0 Å². The second kappa shape index (κ2) is 6.09. The Morgan fingerprint density at radius 2 is 2.05 bits per heavy atom. The van der Waals surface area contributed by atoms with Gasteiger partial charge in [-0.1, -0.05) is 0 Å². The van der Waals surface area contributed by atoms with Crippen molar-refractivity contribution < 1.29 is 19.1 Å². The van der Waals surface area contributed by atoms with Gasteiger partial charge in [-0.05, 0) is 32.9 Å². The molecule has 6 nitrogen and oxygen atoms in total. The first-order valence-corrected chi connectivity index (χ1v) is 6.73. The Balaban J connectivity index is 1.92. The van der Waals surface area contributed by atoms with E-state index in [1.54, 1.807) is 4.90 Å². The SMILES string of the molecule is CN(C)CC1CCN(C(=O)c2cc(C(=O)O)co2)CC1. The molecular formula is C14H20N2O4. The molecule has 1 amide bonds. The number of likely N-dealkylation sites (tertiary alicyclic amines) is 1.